The lowest BCUT2D eigenvalue weighted by atomic mass is 9.99. The number of aryl methyl sites for hydroxylation is 1. The predicted octanol–water partition coefficient (Wildman–Crippen LogP) is 4.20. The predicted molar refractivity (Wildman–Crippen MR) is 118 cm³/mol. The molecule has 1 N–H and O–H groups in total. The van der Waals surface area contributed by atoms with Crippen molar-refractivity contribution in [3.8, 4) is 5.75 Å². The summed E-state index contributed by atoms with van der Waals surface area (Å²) >= 11 is 1.54. The van der Waals surface area contributed by atoms with Gasteiger partial charge in [0.25, 0.3) is 0 Å². The summed E-state index contributed by atoms with van der Waals surface area (Å²) in [5.41, 5.74) is 2.03. The molecule has 29 heavy (non-hydrogen) atoms. The van der Waals surface area contributed by atoms with Gasteiger partial charge in [-0.1, -0.05) is 24.6 Å². The Bertz CT molecular complexity index is 752. The maximum Gasteiger partial charge on any atom is 0.226 e. The SMILES string of the molecule is Cc1ccc(OCc2nc(CC(=O)NCCCCN3CCC(C)CC3)cs2)cc1. The minimum Gasteiger partial charge on any atom is -0.486 e. The van der Waals surface area contributed by atoms with Crippen LogP contribution in [0.1, 0.15) is 48.9 Å². The van der Waals surface area contributed by atoms with Crippen LogP contribution in [-0.4, -0.2) is 42.0 Å². The van der Waals surface area contributed by atoms with Crippen molar-refractivity contribution in [2.24, 2.45) is 5.92 Å². The average Bonchev–Trinajstić information content (AvgIpc) is 3.16. The number of aromatic nitrogens is 1. The molecule has 6 heteroatoms. The second-order valence-electron chi connectivity index (χ2n) is 8.09. The highest BCUT2D eigenvalue weighted by molar-refractivity contribution is 7.09. The summed E-state index contributed by atoms with van der Waals surface area (Å²) in [5.74, 6) is 1.77. The standard InChI is InChI=1S/C23H33N3O2S/c1-18-5-7-21(8-6-18)28-16-23-25-20(17-29-23)15-22(27)24-11-3-4-12-26-13-9-19(2)10-14-26/h5-8,17,19H,3-4,9-16H2,1-2H3,(H,24,27). The molecule has 0 unspecified atom stereocenters. The third-order valence-corrected chi connectivity index (χ3v) is 6.29. The Balaban J connectivity index is 1.28. The Labute approximate surface area is 178 Å². The fourth-order valence-corrected chi connectivity index (χ4v) is 4.18. The van der Waals surface area contributed by atoms with E-state index in [0.29, 0.717) is 13.0 Å². The number of nitrogens with zero attached hydrogens (tertiary/aromatic N) is 2. The normalized spacial score (nSPS) is 15.4. The number of carbonyl (C=O) groups excluding carboxylic acids is 1. The van der Waals surface area contributed by atoms with Crippen LogP contribution < -0.4 is 10.1 Å². The van der Waals surface area contributed by atoms with Gasteiger partial charge < -0.3 is 15.0 Å². The van der Waals surface area contributed by atoms with Gasteiger partial charge in [0.2, 0.25) is 5.91 Å². The molecule has 0 radical (unpaired) electrons. The molecule has 3 rings (SSSR count). The van der Waals surface area contributed by atoms with Crippen LogP contribution in [0, 0.1) is 12.8 Å². The van der Waals surface area contributed by atoms with Crippen molar-refractivity contribution in [2.45, 2.75) is 52.6 Å². The van der Waals surface area contributed by atoms with Crippen LogP contribution in [0.4, 0.5) is 0 Å². The number of rotatable bonds is 10. The highest BCUT2D eigenvalue weighted by Gasteiger charge is 2.14. The van der Waals surface area contributed by atoms with E-state index in [1.54, 1.807) is 11.3 Å². The second-order valence-corrected chi connectivity index (χ2v) is 9.03. The fraction of sp³-hybridized carbons (Fsp3) is 0.565. The maximum absolute atomic E-state index is 12.1. The van der Waals surface area contributed by atoms with E-state index >= 15 is 0 Å². The van der Waals surface area contributed by atoms with Crippen LogP contribution in [-0.2, 0) is 17.8 Å². The molecule has 5 nitrogen and oxygen atoms in total. The van der Waals surface area contributed by atoms with Gasteiger partial charge in [-0.2, -0.15) is 0 Å². The van der Waals surface area contributed by atoms with Crippen molar-refractivity contribution in [1.82, 2.24) is 15.2 Å². The zero-order chi connectivity index (χ0) is 20.5. The number of piperidine rings is 1. The van der Waals surface area contributed by atoms with Crippen LogP contribution in [0.5, 0.6) is 5.75 Å². The van der Waals surface area contributed by atoms with Crippen LogP contribution in [0.2, 0.25) is 0 Å². The molecule has 0 spiro atoms. The summed E-state index contributed by atoms with van der Waals surface area (Å²) in [4.78, 5) is 19.2. The average molecular weight is 416 g/mol. The first-order valence-corrected chi connectivity index (χ1v) is 11.6. The van der Waals surface area contributed by atoms with Crippen LogP contribution >= 0.6 is 11.3 Å². The quantitative estimate of drug-likeness (QED) is 0.591. The summed E-state index contributed by atoms with van der Waals surface area (Å²) in [6, 6.07) is 7.98. The van der Waals surface area contributed by atoms with Crippen molar-refractivity contribution in [2.75, 3.05) is 26.2 Å². The van der Waals surface area contributed by atoms with Crippen LogP contribution in [0.15, 0.2) is 29.6 Å². The van der Waals surface area contributed by atoms with Crippen molar-refractivity contribution in [1.29, 1.82) is 0 Å². The van der Waals surface area contributed by atoms with Crippen molar-refractivity contribution >= 4 is 17.2 Å². The van der Waals surface area contributed by atoms with Gasteiger partial charge in [-0.05, 0) is 70.3 Å². The first-order chi connectivity index (χ1) is 14.1. The minimum absolute atomic E-state index is 0.0492. The van der Waals surface area contributed by atoms with Gasteiger partial charge in [-0.15, -0.1) is 11.3 Å². The molecule has 1 aliphatic heterocycles. The zero-order valence-electron chi connectivity index (χ0n) is 17.7. The highest BCUT2D eigenvalue weighted by atomic mass is 32.1. The molecule has 2 aromatic rings. The van der Waals surface area contributed by atoms with E-state index in [2.05, 4.69) is 29.0 Å². The topological polar surface area (TPSA) is 54.5 Å². The van der Waals surface area contributed by atoms with E-state index in [1.807, 2.05) is 29.6 Å². The van der Waals surface area contributed by atoms with Gasteiger partial charge in [0.15, 0.2) is 0 Å². The molecule has 1 aromatic heterocycles. The van der Waals surface area contributed by atoms with E-state index < -0.39 is 0 Å². The molecule has 0 saturated carbocycles. The summed E-state index contributed by atoms with van der Waals surface area (Å²) in [7, 11) is 0. The van der Waals surface area contributed by atoms with E-state index in [1.165, 1.54) is 31.5 Å². The van der Waals surface area contributed by atoms with E-state index in [4.69, 9.17) is 4.74 Å². The summed E-state index contributed by atoms with van der Waals surface area (Å²) in [6.45, 7) is 9.19. The number of nitrogens with one attached hydrogen (secondary N) is 1. The molecule has 1 aromatic carbocycles. The second kappa shape index (κ2) is 11.3. The molecule has 1 fully saturated rings. The number of benzene rings is 1. The highest BCUT2D eigenvalue weighted by Crippen LogP contribution is 2.17. The lowest BCUT2D eigenvalue weighted by molar-refractivity contribution is -0.120. The lowest BCUT2D eigenvalue weighted by Crippen LogP contribution is -2.34. The molecule has 1 saturated heterocycles. The monoisotopic (exact) mass is 415 g/mol. The molecule has 0 atom stereocenters. The number of unbranched alkanes of at least 4 members (excludes halogenated alkanes) is 1. The van der Waals surface area contributed by atoms with Gasteiger partial charge in [0.1, 0.15) is 17.4 Å². The Kier molecular flexibility index (Phi) is 8.50. The number of thiazole rings is 1. The molecule has 0 bridgehead atoms. The zero-order valence-corrected chi connectivity index (χ0v) is 18.5. The largest absolute Gasteiger partial charge is 0.486 e. The molecule has 0 aliphatic carbocycles. The minimum atomic E-state index is 0.0492. The Morgan fingerprint density at radius 1 is 1.24 bits per heavy atom. The van der Waals surface area contributed by atoms with Gasteiger partial charge in [-0.25, -0.2) is 4.98 Å². The van der Waals surface area contributed by atoms with Crippen LogP contribution in [0.25, 0.3) is 0 Å². The number of amides is 1. The molecular formula is C23H33N3O2S. The molecule has 1 aliphatic rings. The summed E-state index contributed by atoms with van der Waals surface area (Å²) in [6.07, 6.45) is 5.16. The maximum atomic E-state index is 12.1. The number of likely N-dealkylation sites (tertiary alicyclic amines) is 1. The lowest BCUT2D eigenvalue weighted by Gasteiger charge is -2.30. The molecule has 1 amide bonds. The Morgan fingerprint density at radius 2 is 2.00 bits per heavy atom. The summed E-state index contributed by atoms with van der Waals surface area (Å²) in [5, 5.41) is 5.87. The van der Waals surface area contributed by atoms with Crippen LogP contribution in [0.3, 0.4) is 0 Å². The summed E-state index contributed by atoms with van der Waals surface area (Å²) < 4.78 is 5.76. The van der Waals surface area contributed by atoms with Crippen molar-refractivity contribution in [3.05, 3.63) is 45.9 Å². The van der Waals surface area contributed by atoms with Crippen molar-refractivity contribution in [3.63, 3.8) is 0 Å². The third-order valence-electron chi connectivity index (χ3n) is 5.42. The van der Waals surface area contributed by atoms with E-state index in [-0.39, 0.29) is 5.91 Å². The molecule has 158 valence electrons. The van der Waals surface area contributed by atoms with Gasteiger partial charge in [0, 0.05) is 11.9 Å². The van der Waals surface area contributed by atoms with Gasteiger partial charge in [-0.3, -0.25) is 4.79 Å². The number of hydrogen-bond donors (Lipinski definition) is 1. The first-order valence-electron chi connectivity index (χ1n) is 10.7. The first kappa shape index (κ1) is 21.8. The van der Waals surface area contributed by atoms with Gasteiger partial charge >= 0.3 is 0 Å². The number of hydrogen-bond acceptors (Lipinski definition) is 5. The Hall–Kier alpha value is -1.92. The third kappa shape index (κ3) is 7.78. The number of ether oxygens (including phenoxy) is 1. The molecular weight excluding hydrogens is 382 g/mol. The van der Waals surface area contributed by atoms with Gasteiger partial charge in [0.05, 0.1) is 12.1 Å². The van der Waals surface area contributed by atoms with E-state index in [0.717, 1.165) is 48.3 Å². The van der Waals surface area contributed by atoms with E-state index in [9.17, 15) is 4.79 Å². The Morgan fingerprint density at radius 3 is 2.76 bits per heavy atom. The molecule has 2 heterocycles. The number of carbonyl (C=O) groups is 1. The van der Waals surface area contributed by atoms with Crippen molar-refractivity contribution < 1.29 is 9.53 Å². The fourth-order valence-electron chi connectivity index (χ4n) is 3.48. The smallest absolute Gasteiger partial charge is 0.226 e.